The van der Waals surface area contributed by atoms with E-state index in [-0.39, 0.29) is 5.69 Å². The molecule has 7 heteroatoms. The molecule has 3 N–H and O–H groups in total. The van der Waals surface area contributed by atoms with Crippen LogP contribution in [-0.4, -0.2) is 26.4 Å². The lowest BCUT2D eigenvalue weighted by molar-refractivity contribution is -0.0521. The summed E-state index contributed by atoms with van der Waals surface area (Å²) in [6.45, 7) is 2.64. The summed E-state index contributed by atoms with van der Waals surface area (Å²) in [7, 11) is 0. The van der Waals surface area contributed by atoms with Crippen molar-refractivity contribution in [2.45, 2.75) is 26.9 Å². The number of nitrogens with one attached hydrogen (secondary N) is 1. The molecule has 0 aliphatic heterocycles. The van der Waals surface area contributed by atoms with Crippen molar-refractivity contribution >= 4 is 11.4 Å². The van der Waals surface area contributed by atoms with Gasteiger partial charge < -0.3 is 20.5 Å². The van der Waals surface area contributed by atoms with Gasteiger partial charge in [0.2, 0.25) is 0 Å². The van der Waals surface area contributed by atoms with Crippen molar-refractivity contribution in [3.63, 3.8) is 0 Å². The first-order chi connectivity index (χ1) is 9.90. The molecule has 21 heavy (non-hydrogen) atoms. The molecule has 0 amide bonds. The van der Waals surface area contributed by atoms with E-state index in [0.29, 0.717) is 31.4 Å². The number of halogens is 3. The maximum atomic E-state index is 13.4. The summed E-state index contributed by atoms with van der Waals surface area (Å²) in [5, 5.41) is 2.90. The smallest absolute Gasteiger partial charge is 0.387 e. The van der Waals surface area contributed by atoms with Crippen LogP contribution in [0.2, 0.25) is 0 Å². The van der Waals surface area contributed by atoms with Crippen molar-refractivity contribution in [3.05, 3.63) is 17.9 Å². The summed E-state index contributed by atoms with van der Waals surface area (Å²) in [6, 6.07) is 2.06. The first kappa shape index (κ1) is 17.4. The fourth-order valence-corrected chi connectivity index (χ4v) is 1.59. The summed E-state index contributed by atoms with van der Waals surface area (Å²) < 4.78 is 47.1. The number of benzene rings is 1. The molecule has 1 aromatic rings. The molecule has 0 aliphatic carbocycles. The van der Waals surface area contributed by atoms with E-state index in [0.717, 1.165) is 18.6 Å². The van der Waals surface area contributed by atoms with Gasteiger partial charge in [0.05, 0.1) is 18.0 Å². The first-order valence-corrected chi connectivity index (χ1v) is 6.75. The Kier molecular flexibility index (Phi) is 7.14. The van der Waals surface area contributed by atoms with Crippen molar-refractivity contribution < 1.29 is 22.6 Å². The molecule has 0 fully saturated rings. The Morgan fingerprint density at radius 2 is 1.95 bits per heavy atom. The molecular formula is C14H21F3N2O2. The van der Waals surface area contributed by atoms with Gasteiger partial charge in [0.15, 0.2) is 11.6 Å². The molecule has 0 saturated carbocycles. The van der Waals surface area contributed by atoms with Crippen LogP contribution in [0.4, 0.5) is 24.5 Å². The van der Waals surface area contributed by atoms with Crippen LogP contribution < -0.4 is 15.8 Å². The van der Waals surface area contributed by atoms with Crippen LogP contribution in [0.25, 0.3) is 0 Å². The number of anilines is 2. The number of nitrogens with two attached hydrogens (primary N) is 1. The van der Waals surface area contributed by atoms with E-state index in [1.165, 1.54) is 0 Å². The van der Waals surface area contributed by atoms with E-state index in [9.17, 15) is 13.2 Å². The molecule has 0 bridgehead atoms. The number of hydrogen-bond acceptors (Lipinski definition) is 4. The molecule has 0 spiro atoms. The quantitative estimate of drug-likeness (QED) is 0.542. The molecular weight excluding hydrogens is 285 g/mol. The maximum absolute atomic E-state index is 13.4. The lowest BCUT2D eigenvalue weighted by atomic mass is 10.1. The second kappa shape index (κ2) is 8.61. The van der Waals surface area contributed by atoms with Gasteiger partial charge in [-0.05, 0) is 12.3 Å². The second-order valence-electron chi connectivity index (χ2n) is 4.97. The maximum Gasteiger partial charge on any atom is 0.387 e. The van der Waals surface area contributed by atoms with Gasteiger partial charge in [-0.1, -0.05) is 13.8 Å². The molecule has 1 rings (SSSR count). The Morgan fingerprint density at radius 1 is 1.24 bits per heavy atom. The first-order valence-electron chi connectivity index (χ1n) is 6.75. The van der Waals surface area contributed by atoms with Gasteiger partial charge in [-0.15, -0.1) is 0 Å². The van der Waals surface area contributed by atoms with E-state index >= 15 is 0 Å². The second-order valence-corrected chi connectivity index (χ2v) is 4.97. The molecule has 1 aromatic carbocycles. The highest BCUT2D eigenvalue weighted by atomic mass is 19.3. The Balaban J connectivity index is 2.47. The van der Waals surface area contributed by atoms with Crippen LogP contribution >= 0.6 is 0 Å². The van der Waals surface area contributed by atoms with E-state index in [1.54, 1.807) is 0 Å². The highest BCUT2D eigenvalue weighted by Crippen LogP contribution is 2.29. The molecule has 0 atom stereocenters. The summed E-state index contributed by atoms with van der Waals surface area (Å²) in [6.07, 6.45) is 0.963. The van der Waals surface area contributed by atoms with Crippen LogP contribution in [0.3, 0.4) is 0 Å². The zero-order valence-corrected chi connectivity index (χ0v) is 12.2. The number of nitrogen functional groups attached to an aromatic ring is 1. The Bertz CT molecular complexity index is 442. The Hall–Kier alpha value is -1.63. The fourth-order valence-electron chi connectivity index (χ4n) is 1.59. The number of alkyl halides is 2. The van der Waals surface area contributed by atoms with E-state index in [1.807, 2.05) is 0 Å². The van der Waals surface area contributed by atoms with Crippen molar-refractivity contribution in [2.75, 3.05) is 30.8 Å². The number of rotatable bonds is 9. The average molecular weight is 306 g/mol. The van der Waals surface area contributed by atoms with Gasteiger partial charge >= 0.3 is 6.61 Å². The molecule has 4 nitrogen and oxygen atoms in total. The SMILES string of the molecule is CC(C)CCOCCNc1cc(OC(F)F)c(F)cc1N. The number of ether oxygens (including phenoxy) is 2. The predicted molar refractivity (Wildman–Crippen MR) is 76.2 cm³/mol. The minimum absolute atomic E-state index is 0.122. The average Bonchev–Trinajstić information content (AvgIpc) is 2.37. The minimum atomic E-state index is -3.09. The van der Waals surface area contributed by atoms with Crippen molar-refractivity contribution in [1.82, 2.24) is 0 Å². The Labute approximate surface area is 122 Å². The molecule has 0 aromatic heterocycles. The molecule has 0 radical (unpaired) electrons. The minimum Gasteiger partial charge on any atom is -0.432 e. The van der Waals surface area contributed by atoms with Gasteiger partial charge in [-0.3, -0.25) is 0 Å². The molecule has 0 saturated heterocycles. The van der Waals surface area contributed by atoms with Gasteiger partial charge in [-0.25, -0.2) is 4.39 Å². The zero-order valence-electron chi connectivity index (χ0n) is 12.2. The lowest BCUT2D eigenvalue weighted by Gasteiger charge is -2.13. The van der Waals surface area contributed by atoms with Gasteiger partial charge in [0, 0.05) is 25.3 Å². The molecule has 0 aliphatic rings. The third-order valence-electron chi connectivity index (χ3n) is 2.72. The third-order valence-corrected chi connectivity index (χ3v) is 2.72. The fraction of sp³-hybridized carbons (Fsp3) is 0.571. The van der Waals surface area contributed by atoms with Gasteiger partial charge in [-0.2, -0.15) is 8.78 Å². The van der Waals surface area contributed by atoms with E-state index in [2.05, 4.69) is 23.9 Å². The van der Waals surface area contributed by atoms with Crippen LogP contribution in [-0.2, 0) is 4.74 Å². The molecule has 0 heterocycles. The van der Waals surface area contributed by atoms with Crippen molar-refractivity contribution in [1.29, 1.82) is 0 Å². The molecule has 120 valence electrons. The normalized spacial score (nSPS) is 11.2. The zero-order chi connectivity index (χ0) is 15.8. The standard InChI is InChI=1S/C14H21F3N2O2/c1-9(2)3-5-20-6-4-19-12-8-13(21-14(16)17)10(15)7-11(12)18/h7-9,14,19H,3-6,18H2,1-2H3. The van der Waals surface area contributed by atoms with Crippen LogP contribution in [0, 0.1) is 11.7 Å². The predicted octanol–water partition coefficient (Wildman–Crippen LogP) is 3.48. The Morgan fingerprint density at radius 3 is 2.57 bits per heavy atom. The molecule has 0 unspecified atom stereocenters. The third kappa shape index (κ3) is 6.57. The summed E-state index contributed by atoms with van der Waals surface area (Å²) >= 11 is 0. The van der Waals surface area contributed by atoms with Crippen LogP contribution in [0.15, 0.2) is 12.1 Å². The lowest BCUT2D eigenvalue weighted by Crippen LogP contribution is -2.12. The van der Waals surface area contributed by atoms with Crippen LogP contribution in [0.1, 0.15) is 20.3 Å². The largest absolute Gasteiger partial charge is 0.432 e. The van der Waals surface area contributed by atoms with Crippen molar-refractivity contribution in [2.24, 2.45) is 5.92 Å². The van der Waals surface area contributed by atoms with Crippen molar-refractivity contribution in [3.8, 4) is 5.75 Å². The summed E-state index contributed by atoms with van der Waals surface area (Å²) in [4.78, 5) is 0. The van der Waals surface area contributed by atoms with E-state index < -0.39 is 18.2 Å². The van der Waals surface area contributed by atoms with Gasteiger partial charge in [0.25, 0.3) is 0 Å². The van der Waals surface area contributed by atoms with E-state index in [4.69, 9.17) is 10.5 Å². The van der Waals surface area contributed by atoms with Crippen LogP contribution in [0.5, 0.6) is 5.75 Å². The summed E-state index contributed by atoms with van der Waals surface area (Å²) in [5.74, 6) is -0.895. The highest BCUT2D eigenvalue weighted by Gasteiger charge is 2.13. The monoisotopic (exact) mass is 306 g/mol. The van der Waals surface area contributed by atoms with Gasteiger partial charge in [0.1, 0.15) is 0 Å². The summed E-state index contributed by atoms with van der Waals surface area (Å²) in [5.41, 5.74) is 6.07. The highest BCUT2D eigenvalue weighted by molar-refractivity contribution is 5.68. The number of hydrogen-bond donors (Lipinski definition) is 2. The topological polar surface area (TPSA) is 56.5 Å².